The Balaban J connectivity index is 2.19. The van der Waals surface area contributed by atoms with Gasteiger partial charge in [0.1, 0.15) is 24.4 Å². The van der Waals surface area contributed by atoms with Crippen molar-refractivity contribution in [2.24, 2.45) is 0 Å². The molecule has 370 valence electrons. The summed E-state index contributed by atoms with van der Waals surface area (Å²) in [6.45, 7) is 3.87. The van der Waals surface area contributed by atoms with Crippen LogP contribution in [0.5, 0.6) is 0 Å². The standard InChI is InChI=1S/C53H105NO8/c1-3-5-7-9-11-13-15-17-19-20-21-22-23-24-25-26-27-29-31-33-35-37-39-41-43-49(57)54-46(45-61-53-52(60)51(59)50(58)48(44-55)62-53)47(56)42-40-38-36-34-32-30-28-18-16-14-12-10-8-6-4-2/h46-48,50-53,55-56,58-60H,3-45H2,1-2H3,(H,54,57)/t46-,47+,48+,50-,51?,52?,53+/m0/s1. The molecule has 1 aliphatic rings. The van der Waals surface area contributed by atoms with E-state index >= 15 is 0 Å². The van der Waals surface area contributed by atoms with E-state index in [0.717, 1.165) is 38.5 Å². The lowest BCUT2D eigenvalue weighted by Gasteiger charge is -2.40. The van der Waals surface area contributed by atoms with Crippen LogP contribution in [0.15, 0.2) is 0 Å². The molecule has 1 rings (SSSR count). The largest absolute Gasteiger partial charge is 0.394 e. The maximum Gasteiger partial charge on any atom is 0.220 e. The first-order chi connectivity index (χ1) is 30.3. The molecule has 1 heterocycles. The number of hydrogen-bond acceptors (Lipinski definition) is 8. The highest BCUT2D eigenvalue weighted by Crippen LogP contribution is 2.23. The topological polar surface area (TPSA) is 149 Å². The Kier molecular flexibility index (Phi) is 42.1. The molecule has 1 aliphatic heterocycles. The van der Waals surface area contributed by atoms with Gasteiger partial charge in [-0.2, -0.15) is 0 Å². The predicted octanol–water partition coefficient (Wildman–Crippen LogP) is 12.7. The highest BCUT2D eigenvalue weighted by molar-refractivity contribution is 5.76. The lowest BCUT2D eigenvalue weighted by atomic mass is 9.99. The smallest absolute Gasteiger partial charge is 0.220 e. The summed E-state index contributed by atoms with van der Waals surface area (Å²) in [6, 6.07) is -0.712. The average Bonchev–Trinajstić information content (AvgIpc) is 3.27. The van der Waals surface area contributed by atoms with Crippen LogP contribution in [0.25, 0.3) is 0 Å². The van der Waals surface area contributed by atoms with Gasteiger partial charge in [-0.15, -0.1) is 0 Å². The Bertz CT molecular complexity index is 939. The van der Waals surface area contributed by atoms with Crippen LogP contribution in [0.1, 0.15) is 277 Å². The molecule has 0 radical (unpaired) electrons. The van der Waals surface area contributed by atoms with Gasteiger partial charge in [0.15, 0.2) is 6.29 Å². The summed E-state index contributed by atoms with van der Waals surface area (Å²) < 4.78 is 11.3. The van der Waals surface area contributed by atoms with E-state index in [1.807, 2.05) is 0 Å². The van der Waals surface area contributed by atoms with Crippen molar-refractivity contribution in [3.63, 3.8) is 0 Å². The van der Waals surface area contributed by atoms with Gasteiger partial charge < -0.3 is 40.3 Å². The van der Waals surface area contributed by atoms with Crippen LogP contribution in [0.4, 0.5) is 0 Å². The zero-order valence-electron chi connectivity index (χ0n) is 40.9. The third-order valence-corrected chi connectivity index (χ3v) is 13.5. The quantitative estimate of drug-likeness (QED) is 0.0331. The molecular formula is C53H105NO8. The molecule has 0 saturated carbocycles. The molecule has 6 N–H and O–H groups in total. The van der Waals surface area contributed by atoms with E-state index in [1.54, 1.807) is 0 Å². The van der Waals surface area contributed by atoms with E-state index in [4.69, 9.17) is 9.47 Å². The lowest BCUT2D eigenvalue weighted by Crippen LogP contribution is -2.60. The van der Waals surface area contributed by atoms with Gasteiger partial charge >= 0.3 is 0 Å². The summed E-state index contributed by atoms with van der Waals surface area (Å²) in [4.78, 5) is 13.0. The first-order valence-corrected chi connectivity index (χ1v) is 27.2. The van der Waals surface area contributed by atoms with Crippen molar-refractivity contribution in [3.05, 3.63) is 0 Å². The van der Waals surface area contributed by atoms with Crippen LogP contribution in [0.2, 0.25) is 0 Å². The lowest BCUT2D eigenvalue weighted by molar-refractivity contribution is -0.302. The Morgan fingerprint density at radius 3 is 1.15 bits per heavy atom. The van der Waals surface area contributed by atoms with E-state index in [-0.39, 0.29) is 12.5 Å². The van der Waals surface area contributed by atoms with Crippen LogP contribution in [-0.4, -0.2) is 87.5 Å². The molecule has 2 unspecified atom stereocenters. The first kappa shape index (κ1) is 59.2. The summed E-state index contributed by atoms with van der Waals surface area (Å²) in [5.74, 6) is -0.137. The molecule has 0 aromatic carbocycles. The fourth-order valence-electron chi connectivity index (χ4n) is 9.11. The maximum absolute atomic E-state index is 13.0. The van der Waals surface area contributed by atoms with Crippen molar-refractivity contribution >= 4 is 5.91 Å². The molecule has 62 heavy (non-hydrogen) atoms. The summed E-state index contributed by atoms with van der Waals surface area (Å²) in [6.07, 6.45) is 44.1. The second-order valence-corrected chi connectivity index (χ2v) is 19.4. The Hall–Kier alpha value is -0.810. The molecule has 0 bridgehead atoms. The zero-order chi connectivity index (χ0) is 45.1. The molecule has 0 aliphatic carbocycles. The van der Waals surface area contributed by atoms with Crippen LogP contribution < -0.4 is 5.32 Å². The molecule has 0 spiro atoms. The van der Waals surface area contributed by atoms with Gasteiger partial charge in [-0.05, 0) is 12.8 Å². The normalized spacial score (nSPS) is 20.1. The fraction of sp³-hybridized carbons (Fsp3) is 0.981. The molecule has 0 aromatic rings. The van der Waals surface area contributed by atoms with Gasteiger partial charge in [-0.25, -0.2) is 0 Å². The molecule has 9 nitrogen and oxygen atoms in total. The van der Waals surface area contributed by atoms with Crippen molar-refractivity contribution in [2.45, 2.75) is 320 Å². The summed E-state index contributed by atoms with van der Waals surface area (Å²) in [5.41, 5.74) is 0. The third kappa shape index (κ3) is 33.6. The predicted molar refractivity (Wildman–Crippen MR) is 258 cm³/mol. The van der Waals surface area contributed by atoms with Crippen molar-refractivity contribution < 1.29 is 39.8 Å². The summed E-state index contributed by atoms with van der Waals surface area (Å²) in [7, 11) is 0. The maximum atomic E-state index is 13.0. The second-order valence-electron chi connectivity index (χ2n) is 19.4. The highest BCUT2D eigenvalue weighted by atomic mass is 16.7. The monoisotopic (exact) mass is 884 g/mol. The molecule has 1 amide bonds. The molecular weight excluding hydrogens is 779 g/mol. The number of carbonyl (C=O) groups is 1. The van der Waals surface area contributed by atoms with Gasteiger partial charge in [-0.3, -0.25) is 4.79 Å². The minimum absolute atomic E-state index is 0.131. The van der Waals surface area contributed by atoms with E-state index < -0.39 is 49.5 Å². The second kappa shape index (κ2) is 44.0. The van der Waals surface area contributed by atoms with Gasteiger partial charge in [0.25, 0.3) is 0 Å². The van der Waals surface area contributed by atoms with Crippen LogP contribution in [0, 0.1) is 0 Å². The SMILES string of the molecule is CCCCCCCCCCCCCCCCCCCCCCCCCCC(=O)N[C@@H](CO[C@@H]1O[C@H](CO)[C@H](O)C(O)C1O)[C@H](O)CCCCCCCCCCCCCCCCC. The number of aliphatic hydroxyl groups excluding tert-OH is 5. The number of carbonyl (C=O) groups excluding carboxylic acids is 1. The fourth-order valence-corrected chi connectivity index (χ4v) is 9.11. The van der Waals surface area contributed by atoms with Crippen LogP contribution in [-0.2, 0) is 14.3 Å². The number of rotatable bonds is 47. The van der Waals surface area contributed by atoms with Crippen molar-refractivity contribution in [3.8, 4) is 0 Å². The first-order valence-electron chi connectivity index (χ1n) is 27.2. The average molecular weight is 884 g/mol. The third-order valence-electron chi connectivity index (χ3n) is 13.5. The minimum Gasteiger partial charge on any atom is -0.394 e. The van der Waals surface area contributed by atoms with Crippen molar-refractivity contribution in [1.82, 2.24) is 5.32 Å². The molecule has 9 heteroatoms. The number of unbranched alkanes of at least 4 members (excludes halogenated alkanes) is 37. The number of nitrogens with one attached hydrogen (secondary N) is 1. The molecule has 1 saturated heterocycles. The van der Waals surface area contributed by atoms with Crippen LogP contribution >= 0.6 is 0 Å². The van der Waals surface area contributed by atoms with Gasteiger partial charge in [0.05, 0.1) is 25.4 Å². The van der Waals surface area contributed by atoms with E-state index in [9.17, 15) is 30.3 Å². The molecule has 0 aromatic heterocycles. The Morgan fingerprint density at radius 1 is 0.484 bits per heavy atom. The summed E-state index contributed by atoms with van der Waals surface area (Å²) in [5, 5.41) is 54.5. The minimum atomic E-state index is -1.55. The Labute approximate surface area is 383 Å². The van der Waals surface area contributed by atoms with Gasteiger partial charge in [0, 0.05) is 6.42 Å². The number of hydrogen-bond donors (Lipinski definition) is 6. The number of aliphatic hydroxyl groups is 5. The number of ether oxygens (including phenoxy) is 2. The van der Waals surface area contributed by atoms with E-state index in [1.165, 1.54) is 212 Å². The Morgan fingerprint density at radius 2 is 0.806 bits per heavy atom. The van der Waals surface area contributed by atoms with Gasteiger partial charge in [0.2, 0.25) is 5.91 Å². The zero-order valence-corrected chi connectivity index (χ0v) is 40.9. The molecule has 1 fully saturated rings. The van der Waals surface area contributed by atoms with Crippen LogP contribution in [0.3, 0.4) is 0 Å². The van der Waals surface area contributed by atoms with E-state index in [0.29, 0.717) is 12.8 Å². The van der Waals surface area contributed by atoms with E-state index in [2.05, 4.69) is 19.2 Å². The highest BCUT2D eigenvalue weighted by Gasteiger charge is 2.44. The molecule has 7 atom stereocenters. The van der Waals surface area contributed by atoms with Crippen molar-refractivity contribution in [2.75, 3.05) is 13.2 Å². The van der Waals surface area contributed by atoms with Gasteiger partial charge in [-0.1, -0.05) is 258 Å². The summed E-state index contributed by atoms with van der Waals surface area (Å²) >= 11 is 0. The van der Waals surface area contributed by atoms with Crippen molar-refractivity contribution in [1.29, 1.82) is 0 Å². The number of amides is 1.